The second-order valence-corrected chi connectivity index (χ2v) is 11.3. The van der Waals surface area contributed by atoms with Crippen LogP contribution in [0.15, 0.2) is 65.8 Å². The molecule has 4 aromatic rings. The van der Waals surface area contributed by atoms with Gasteiger partial charge >= 0.3 is 0 Å². The Labute approximate surface area is 243 Å². The first kappa shape index (κ1) is 30.6. The van der Waals surface area contributed by atoms with Gasteiger partial charge < -0.3 is 19.9 Å². The van der Waals surface area contributed by atoms with Crippen molar-refractivity contribution in [3.63, 3.8) is 0 Å². The van der Waals surface area contributed by atoms with E-state index in [2.05, 4.69) is 15.6 Å². The molecule has 4 rings (SSSR count). The minimum absolute atomic E-state index is 0.00662. The lowest BCUT2D eigenvalue weighted by molar-refractivity contribution is 0.102. The van der Waals surface area contributed by atoms with Gasteiger partial charge in [0.1, 0.15) is 17.1 Å². The van der Waals surface area contributed by atoms with Crippen molar-refractivity contribution >= 4 is 21.7 Å². The summed E-state index contributed by atoms with van der Waals surface area (Å²) in [5.74, 6) is -1.30. The minimum Gasteiger partial charge on any atom is -0.496 e. The summed E-state index contributed by atoms with van der Waals surface area (Å²) in [5, 5.41) is 5.62. The van der Waals surface area contributed by atoms with Gasteiger partial charge in [0.2, 0.25) is 0 Å². The summed E-state index contributed by atoms with van der Waals surface area (Å²) in [6, 6.07) is 14.2. The van der Waals surface area contributed by atoms with E-state index in [0.29, 0.717) is 11.3 Å². The number of aryl methyl sites for hydroxylation is 1. The molecular weight excluding hydrogens is 563 g/mol. The van der Waals surface area contributed by atoms with Crippen molar-refractivity contribution < 1.29 is 26.9 Å². The number of rotatable bonds is 10. The summed E-state index contributed by atoms with van der Waals surface area (Å²) in [7, 11) is -1.19. The van der Waals surface area contributed by atoms with Crippen molar-refractivity contribution in [2.24, 2.45) is 7.05 Å². The van der Waals surface area contributed by atoms with E-state index in [1.54, 1.807) is 18.2 Å². The van der Waals surface area contributed by atoms with Crippen molar-refractivity contribution in [3.8, 4) is 28.0 Å². The van der Waals surface area contributed by atoms with Crippen LogP contribution in [-0.2, 0) is 23.7 Å². The second-order valence-electron chi connectivity index (χ2n) is 9.74. The van der Waals surface area contributed by atoms with E-state index in [4.69, 9.17) is 9.29 Å². The Bertz CT molecular complexity index is 1820. The zero-order valence-corrected chi connectivity index (χ0v) is 24.4. The number of hydrogen-bond donors (Lipinski definition) is 3. The summed E-state index contributed by atoms with van der Waals surface area (Å²) in [5.41, 5.74) is 4.95. The zero-order chi connectivity index (χ0) is 30.6. The highest BCUT2D eigenvalue weighted by Gasteiger charge is 2.18. The molecule has 42 heavy (non-hydrogen) atoms. The second kappa shape index (κ2) is 12.6. The number of nitrogens with zero attached hydrogens (tertiary/aromatic N) is 2. The van der Waals surface area contributed by atoms with Crippen LogP contribution in [0.1, 0.15) is 27.0 Å². The fourth-order valence-electron chi connectivity index (χ4n) is 4.69. The molecule has 1 aromatic heterocycles. The zero-order valence-electron chi connectivity index (χ0n) is 23.6. The number of carbonyl (C=O) groups excluding carboxylic acids is 1. The fourth-order valence-corrected chi connectivity index (χ4v) is 5.09. The largest absolute Gasteiger partial charge is 0.496 e. The van der Waals surface area contributed by atoms with Crippen LogP contribution in [0.3, 0.4) is 0 Å². The van der Waals surface area contributed by atoms with Crippen LogP contribution in [0.5, 0.6) is 5.75 Å². The average molecular weight is 595 g/mol. The van der Waals surface area contributed by atoms with Gasteiger partial charge in [-0.2, -0.15) is 8.42 Å². The normalized spacial score (nSPS) is 11.4. The molecule has 0 bridgehead atoms. The standard InChI is InChI=1S/C30H31FN4O6S/c1-18-21(20-13-26(31)24(28(14-20)41-4)15-32-11-12-42(38,39)40)7-5-8-22(18)23-9-6-10-27(19(23)2)34-29(36)25-16-33-17-35(3)30(25)37/h5-10,13-14,16-17,32H,11-12,15H2,1-4H3,(H,34,36)(H,38,39,40). The monoisotopic (exact) mass is 594 g/mol. The fraction of sp³-hybridized carbons (Fsp3) is 0.233. The molecule has 220 valence electrons. The lowest BCUT2D eigenvalue weighted by Gasteiger charge is -2.18. The number of aromatic nitrogens is 2. The molecule has 3 N–H and O–H groups in total. The summed E-state index contributed by atoms with van der Waals surface area (Å²) in [6.45, 7) is 3.74. The van der Waals surface area contributed by atoms with Crippen molar-refractivity contribution in [2.75, 3.05) is 24.7 Å². The molecular formula is C30H31FN4O6S. The molecule has 0 unspecified atom stereocenters. The maximum Gasteiger partial charge on any atom is 0.266 e. The van der Waals surface area contributed by atoms with Crippen LogP contribution in [0.2, 0.25) is 0 Å². The van der Waals surface area contributed by atoms with Gasteiger partial charge in [0, 0.05) is 37.6 Å². The van der Waals surface area contributed by atoms with E-state index < -0.39 is 33.2 Å². The maximum atomic E-state index is 15.3. The number of halogens is 1. The minimum atomic E-state index is -4.13. The number of methoxy groups -OCH3 is 1. The molecule has 0 aliphatic carbocycles. The Morgan fingerprint density at radius 3 is 2.43 bits per heavy atom. The first-order valence-electron chi connectivity index (χ1n) is 13.0. The van der Waals surface area contributed by atoms with Crippen molar-refractivity contribution in [1.82, 2.24) is 14.9 Å². The number of hydrogen-bond acceptors (Lipinski definition) is 7. The van der Waals surface area contributed by atoms with Gasteiger partial charge in [0.15, 0.2) is 0 Å². The molecule has 0 fully saturated rings. The third kappa shape index (κ3) is 6.73. The van der Waals surface area contributed by atoms with Crippen LogP contribution in [0.25, 0.3) is 22.3 Å². The number of nitrogens with one attached hydrogen (secondary N) is 2. The lowest BCUT2D eigenvalue weighted by atomic mass is 9.90. The summed E-state index contributed by atoms with van der Waals surface area (Å²) >= 11 is 0. The number of carbonyl (C=O) groups is 1. The third-order valence-corrected chi connectivity index (χ3v) is 7.69. The predicted molar refractivity (Wildman–Crippen MR) is 159 cm³/mol. The summed E-state index contributed by atoms with van der Waals surface area (Å²) < 4.78 is 52.8. The van der Waals surface area contributed by atoms with Gasteiger partial charge in [-0.3, -0.25) is 14.1 Å². The summed E-state index contributed by atoms with van der Waals surface area (Å²) in [6.07, 6.45) is 2.57. The van der Waals surface area contributed by atoms with E-state index in [0.717, 1.165) is 27.8 Å². The highest BCUT2D eigenvalue weighted by Crippen LogP contribution is 2.37. The molecule has 0 aliphatic heterocycles. The molecule has 1 amide bonds. The van der Waals surface area contributed by atoms with Gasteiger partial charge in [0.25, 0.3) is 21.6 Å². The van der Waals surface area contributed by atoms with Crippen LogP contribution in [-0.4, -0.2) is 47.8 Å². The highest BCUT2D eigenvalue weighted by molar-refractivity contribution is 7.85. The Hall–Kier alpha value is -4.39. The molecule has 1 heterocycles. The van der Waals surface area contributed by atoms with Crippen LogP contribution in [0.4, 0.5) is 10.1 Å². The Morgan fingerprint density at radius 2 is 1.74 bits per heavy atom. The van der Waals surface area contributed by atoms with Crippen LogP contribution < -0.4 is 20.9 Å². The smallest absolute Gasteiger partial charge is 0.266 e. The molecule has 3 aromatic carbocycles. The van der Waals surface area contributed by atoms with Gasteiger partial charge in [-0.15, -0.1) is 0 Å². The number of amides is 1. The van der Waals surface area contributed by atoms with E-state index in [1.165, 1.54) is 37.3 Å². The van der Waals surface area contributed by atoms with Gasteiger partial charge in [-0.05, 0) is 65.4 Å². The van der Waals surface area contributed by atoms with Gasteiger partial charge in [-0.1, -0.05) is 30.3 Å². The van der Waals surface area contributed by atoms with E-state index in [1.807, 2.05) is 38.1 Å². The molecule has 12 heteroatoms. The SMILES string of the molecule is COc1cc(-c2cccc(-c3cccc(NC(=O)c4cncn(C)c4=O)c3C)c2C)cc(F)c1CNCCS(=O)(=O)O. The average Bonchev–Trinajstić information content (AvgIpc) is 2.94. The Morgan fingerprint density at radius 1 is 1.07 bits per heavy atom. The van der Waals surface area contributed by atoms with E-state index in [-0.39, 0.29) is 30.0 Å². The third-order valence-electron chi connectivity index (χ3n) is 6.97. The topological polar surface area (TPSA) is 140 Å². The van der Waals surface area contributed by atoms with Crippen LogP contribution >= 0.6 is 0 Å². The van der Waals surface area contributed by atoms with E-state index in [9.17, 15) is 18.0 Å². The highest BCUT2D eigenvalue weighted by atomic mass is 32.2. The number of ether oxygens (including phenoxy) is 1. The molecule has 0 saturated heterocycles. The molecule has 0 atom stereocenters. The maximum absolute atomic E-state index is 15.3. The molecule has 0 saturated carbocycles. The van der Waals surface area contributed by atoms with Crippen molar-refractivity contribution in [2.45, 2.75) is 20.4 Å². The first-order valence-corrected chi connectivity index (χ1v) is 14.6. The Kier molecular flexibility index (Phi) is 9.20. The molecule has 10 nitrogen and oxygen atoms in total. The van der Waals surface area contributed by atoms with Crippen LogP contribution in [0, 0.1) is 19.7 Å². The Balaban J connectivity index is 1.65. The molecule has 0 aliphatic rings. The van der Waals surface area contributed by atoms with Crippen molar-refractivity contribution in [1.29, 1.82) is 0 Å². The van der Waals surface area contributed by atoms with Gasteiger partial charge in [0.05, 0.1) is 19.2 Å². The predicted octanol–water partition coefficient (Wildman–Crippen LogP) is 4.11. The number of anilines is 1. The number of benzene rings is 3. The quantitative estimate of drug-likeness (QED) is 0.184. The van der Waals surface area contributed by atoms with E-state index >= 15 is 4.39 Å². The molecule has 0 radical (unpaired) electrons. The molecule has 0 spiro atoms. The summed E-state index contributed by atoms with van der Waals surface area (Å²) in [4.78, 5) is 29.2. The van der Waals surface area contributed by atoms with Gasteiger partial charge in [-0.25, -0.2) is 9.37 Å². The first-order chi connectivity index (χ1) is 19.9. The van der Waals surface area contributed by atoms with Crippen molar-refractivity contribution in [3.05, 3.63) is 99.5 Å². The lowest BCUT2D eigenvalue weighted by Crippen LogP contribution is -2.28.